The van der Waals surface area contributed by atoms with Crippen LogP contribution in [0.25, 0.3) is 0 Å². The molecule has 6 atom stereocenters. The van der Waals surface area contributed by atoms with Gasteiger partial charge < -0.3 is 30.6 Å². The zero-order valence-electron chi connectivity index (χ0n) is 23.5. The van der Waals surface area contributed by atoms with E-state index in [1.54, 1.807) is 14.1 Å². The molecule has 0 aromatic heterocycles. The molecule has 216 valence electrons. The number of piperazine rings is 1. The van der Waals surface area contributed by atoms with Crippen LogP contribution in [-0.2, 0) is 25.6 Å². The van der Waals surface area contributed by atoms with Crippen molar-refractivity contribution in [2.45, 2.75) is 24.5 Å². The van der Waals surface area contributed by atoms with Crippen LogP contribution in [-0.4, -0.2) is 122 Å². The Morgan fingerprint density at radius 3 is 2.23 bits per heavy atom. The number of likely N-dealkylation sites (N-methyl/N-ethyl adjacent to an activating group) is 2. The Morgan fingerprint density at radius 2 is 1.68 bits per heavy atom. The highest BCUT2D eigenvalue weighted by molar-refractivity contribution is 6.32. The monoisotopic (exact) mass is 555 g/mol. The first-order chi connectivity index (χ1) is 18.7. The summed E-state index contributed by atoms with van der Waals surface area (Å²) in [4.78, 5) is 74.6. The van der Waals surface area contributed by atoms with Gasteiger partial charge in [0, 0.05) is 51.9 Å². The van der Waals surface area contributed by atoms with Crippen molar-refractivity contribution < 1.29 is 34.2 Å². The molecule has 2 saturated carbocycles. The number of carbonyl (C=O) groups is 5. The molecule has 1 aliphatic heterocycles. The summed E-state index contributed by atoms with van der Waals surface area (Å²) >= 11 is 0. The van der Waals surface area contributed by atoms with Crippen LogP contribution < -0.4 is 15.5 Å². The summed E-state index contributed by atoms with van der Waals surface area (Å²) in [6, 6.07) is 0.741. The summed E-state index contributed by atoms with van der Waals surface area (Å²) in [6.45, 7) is 2.82. The lowest BCUT2D eigenvalue weighted by atomic mass is 9.52. The Balaban J connectivity index is 1.64. The summed E-state index contributed by atoms with van der Waals surface area (Å²) in [6.07, 6.45) is 0.258. The molecule has 40 heavy (non-hydrogen) atoms. The molecule has 0 bridgehead atoms. The van der Waals surface area contributed by atoms with Gasteiger partial charge in [-0.15, -0.1) is 0 Å². The average molecular weight is 556 g/mol. The molecule has 0 radical (unpaired) electrons. The number of nitrogens with zero attached hydrogens (tertiary/aromatic N) is 4. The number of aromatic hydroxyl groups is 1. The minimum atomic E-state index is -2.73. The van der Waals surface area contributed by atoms with Gasteiger partial charge in [-0.2, -0.15) is 0 Å². The van der Waals surface area contributed by atoms with Crippen molar-refractivity contribution >= 4 is 40.4 Å². The fourth-order valence-corrected chi connectivity index (χ4v) is 7.33. The number of amides is 1. The number of fused-ring (bicyclic) bond motifs is 3. The minimum absolute atomic E-state index is 0.0201. The van der Waals surface area contributed by atoms with Crippen LogP contribution in [0.15, 0.2) is 6.07 Å². The molecule has 1 saturated heterocycles. The molecule has 3 fully saturated rings. The molecule has 4 N–H and O–H groups in total. The second-order valence-electron chi connectivity index (χ2n) is 12.1. The Kier molecular flexibility index (Phi) is 6.79. The maximum atomic E-state index is 14.1. The van der Waals surface area contributed by atoms with Gasteiger partial charge in [-0.25, -0.2) is 0 Å². The predicted molar refractivity (Wildman–Crippen MR) is 145 cm³/mol. The number of rotatable bonds is 4. The van der Waals surface area contributed by atoms with E-state index in [0.29, 0.717) is 24.3 Å². The smallest absolute Gasteiger partial charge is 0.235 e. The number of aliphatic hydroxyl groups is 1. The van der Waals surface area contributed by atoms with E-state index >= 15 is 0 Å². The summed E-state index contributed by atoms with van der Waals surface area (Å²) < 4.78 is 0. The lowest BCUT2D eigenvalue weighted by Gasteiger charge is -2.52. The van der Waals surface area contributed by atoms with Gasteiger partial charge in [0.05, 0.1) is 23.2 Å². The highest BCUT2D eigenvalue weighted by Crippen LogP contribution is 2.53. The number of hydrogen-bond acceptors (Lipinski definition) is 11. The van der Waals surface area contributed by atoms with E-state index in [-0.39, 0.29) is 24.2 Å². The number of hydrogen-bond donors (Lipinski definition) is 3. The maximum Gasteiger partial charge on any atom is 0.235 e. The van der Waals surface area contributed by atoms with Gasteiger partial charge in [0.15, 0.2) is 34.7 Å². The summed E-state index contributed by atoms with van der Waals surface area (Å²) in [5.74, 6) is -10.3. The summed E-state index contributed by atoms with van der Waals surface area (Å²) in [7, 11) is 8.82. The van der Waals surface area contributed by atoms with Crippen LogP contribution in [0.2, 0.25) is 0 Å². The van der Waals surface area contributed by atoms with Crippen molar-refractivity contribution in [1.29, 1.82) is 0 Å². The predicted octanol–water partition coefficient (Wildman–Crippen LogP) is -1.32. The van der Waals surface area contributed by atoms with Gasteiger partial charge in [0.2, 0.25) is 5.91 Å². The maximum absolute atomic E-state index is 14.1. The third kappa shape index (κ3) is 3.87. The molecule has 0 spiro atoms. The molecule has 1 aromatic carbocycles. The topological polar surface area (TPSA) is 165 Å². The van der Waals surface area contributed by atoms with Gasteiger partial charge in [0.25, 0.3) is 0 Å². The number of anilines is 2. The third-order valence-corrected chi connectivity index (χ3v) is 9.34. The highest BCUT2D eigenvalue weighted by atomic mass is 16.3. The van der Waals surface area contributed by atoms with Crippen molar-refractivity contribution in [3.63, 3.8) is 0 Å². The zero-order valence-corrected chi connectivity index (χ0v) is 23.5. The van der Waals surface area contributed by atoms with E-state index in [1.165, 1.54) is 4.90 Å². The first-order valence-electron chi connectivity index (χ1n) is 13.6. The van der Waals surface area contributed by atoms with Gasteiger partial charge in [-0.1, -0.05) is 0 Å². The molecule has 4 aliphatic rings. The quantitative estimate of drug-likeness (QED) is 0.378. The molecule has 3 aliphatic carbocycles. The number of ketones is 4. The van der Waals surface area contributed by atoms with Crippen molar-refractivity contribution in [3.05, 3.63) is 17.2 Å². The number of phenolic OH excluding ortho intramolecular Hbond substituents is 1. The lowest BCUT2D eigenvalue weighted by Crippen LogP contribution is -2.74. The molecular weight excluding hydrogens is 518 g/mol. The molecule has 1 heterocycles. The molecule has 5 rings (SSSR count). The van der Waals surface area contributed by atoms with Crippen LogP contribution in [0.4, 0.5) is 11.4 Å². The van der Waals surface area contributed by atoms with Crippen molar-refractivity contribution in [2.24, 2.45) is 29.4 Å². The van der Waals surface area contributed by atoms with Gasteiger partial charge in [0.1, 0.15) is 5.75 Å². The molecule has 2 unspecified atom stereocenters. The molecule has 12 nitrogen and oxygen atoms in total. The molecule has 1 amide bonds. The molecular formula is C28H37N5O7. The fourth-order valence-electron chi connectivity index (χ4n) is 7.33. The number of carbonyl (C=O) groups excluding carboxylic acids is 5. The van der Waals surface area contributed by atoms with Gasteiger partial charge in [-0.3, -0.25) is 28.9 Å². The van der Waals surface area contributed by atoms with Crippen LogP contribution in [0.1, 0.15) is 22.3 Å². The van der Waals surface area contributed by atoms with E-state index in [2.05, 4.69) is 4.90 Å². The molecule has 12 heteroatoms. The Morgan fingerprint density at radius 1 is 1.05 bits per heavy atom. The van der Waals surface area contributed by atoms with Crippen molar-refractivity contribution in [2.75, 3.05) is 71.2 Å². The fraction of sp³-hybridized carbons (Fsp3) is 0.607. The standard InChI is InChI=1S/C28H37N5O7/c1-30(2)16-12-17(33-8-6-32(5)7-9-33)22(34)19-14(16)10-13-11-15-21(31(3)4)24(36)20(27(29)39)26(38)28(15,40)25(37)18(13)23(19)35/h12-13,15,18,20-21,34,40H,6-11H2,1-5H3,(H2,29,39)/t13-,15-,18?,20?,21+,28-/m0/s1. The molecule has 1 aromatic rings. The van der Waals surface area contributed by atoms with E-state index in [9.17, 15) is 34.2 Å². The Bertz CT molecular complexity index is 1320. The van der Waals surface area contributed by atoms with Gasteiger partial charge in [-0.05, 0) is 51.5 Å². The van der Waals surface area contributed by atoms with Crippen LogP contribution in [0.5, 0.6) is 5.75 Å². The van der Waals surface area contributed by atoms with Gasteiger partial charge >= 0.3 is 0 Å². The SMILES string of the molecule is CN1CCN(c2cc(N(C)C)c3c(c2O)C(=O)C2C(=O)[C@]4(O)C(=O)C(C(N)=O)C(=O)[C@H](N(C)C)[C@@H]4C[C@@H]2C3)CC1. The summed E-state index contributed by atoms with van der Waals surface area (Å²) in [5, 5.41) is 23.2. The number of nitrogens with two attached hydrogens (primary N) is 1. The first-order valence-corrected chi connectivity index (χ1v) is 13.6. The first kappa shape index (κ1) is 28.2. The number of primary amides is 1. The highest BCUT2D eigenvalue weighted by Gasteiger charge is 2.69. The second-order valence-corrected chi connectivity index (χ2v) is 12.1. The van der Waals surface area contributed by atoms with Crippen LogP contribution in [0.3, 0.4) is 0 Å². The average Bonchev–Trinajstić information content (AvgIpc) is 2.86. The normalized spacial score (nSPS) is 32.6. The van der Waals surface area contributed by atoms with E-state index in [0.717, 1.165) is 18.8 Å². The number of phenols is 1. The Labute approximate surface area is 232 Å². The van der Waals surface area contributed by atoms with Crippen LogP contribution >= 0.6 is 0 Å². The minimum Gasteiger partial charge on any atom is -0.505 e. The van der Waals surface area contributed by atoms with Crippen molar-refractivity contribution in [3.8, 4) is 5.75 Å². The summed E-state index contributed by atoms with van der Waals surface area (Å²) in [5.41, 5.74) is 4.49. The van der Waals surface area contributed by atoms with E-state index < -0.39 is 64.4 Å². The number of benzene rings is 1. The van der Waals surface area contributed by atoms with Crippen molar-refractivity contribution in [1.82, 2.24) is 9.80 Å². The largest absolute Gasteiger partial charge is 0.505 e. The van der Waals surface area contributed by atoms with E-state index in [4.69, 9.17) is 5.73 Å². The second kappa shape index (κ2) is 9.64. The van der Waals surface area contributed by atoms with E-state index in [1.807, 2.05) is 37.0 Å². The zero-order chi connectivity index (χ0) is 29.4. The lowest BCUT2D eigenvalue weighted by molar-refractivity contribution is -0.181. The third-order valence-electron chi connectivity index (χ3n) is 9.34. The Hall–Kier alpha value is -3.35. The van der Waals surface area contributed by atoms with Crippen LogP contribution in [0, 0.1) is 23.7 Å². The number of Topliss-reactive ketones (excluding diaryl/α,β-unsaturated/α-hetero) is 4.